The topological polar surface area (TPSA) is 96.5 Å². The number of oxazole rings is 1. The first-order valence-corrected chi connectivity index (χ1v) is 7.40. The van der Waals surface area contributed by atoms with Crippen molar-refractivity contribution in [2.45, 2.75) is 32.4 Å². The van der Waals surface area contributed by atoms with Crippen molar-refractivity contribution >= 4 is 17.1 Å². The molecule has 1 aromatic heterocycles. The number of rotatable bonds is 7. The van der Waals surface area contributed by atoms with E-state index >= 15 is 0 Å². The molecule has 22 heavy (non-hydrogen) atoms. The van der Waals surface area contributed by atoms with Gasteiger partial charge in [0.05, 0.1) is 11.6 Å². The third kappa shape index (κ3) is 4.11. The molecule has 3 N–H and O–H groups in total. The maximum absolute atomic E-state index is 11.7. The molecule has 0 aliphatic carbocycles. The van der Waals surface area contributed by atoms with E-state index in [1.54, 1.807) is 18.2 Å². The highest BCUT2D eigenvalue weighted by Crippen LogP contribution is 2.10. The molecule has 2 amide bonds. The Morgan fingerprint density at radius 1 is 1.36 bits per heavy atom. The van der Waals surface area contributed by atoms with Gasteiger partial charge in [-0.3, -0.25) is 4.57 Å². The number of nitrogens with zero attached hydrogens (tertiary/aromatic N) is 1. The van der Waals surface area contributed by atoms with Gasteiger partial charge in [-0.15, -0.1) is 0 Å². The molecule has 2 rings (SSSR count). The van der Waals surface area contributed by atoms with Gasteiger partial charge in [0.2, 0.25) is 0 Å². The van der Waals surface area contributed by atoms with Crippen molar-refractivity contribution in [1.82, 2.24) is 15.2 Å². The number of aliphatic hydroxyl groups excluding tert-OH is 1. The molecule has 0 aliphatic heterocycles. The molecule has 1 heterocycles. The van der Waals surface area contributed by atoms with Crippen LogP contribution in [-0.4, -0.2) is 34.9 Å². The van der Waals surface area contributed by atoms with Crippen molar-refractivity contribution < 1.29 is 14.3 Å². The van der Waals surface area contributed by atoms with Crippen LogP contribution in [0.2, 0.25) is 0 Å². The molecule has 0 aliphatic rings. The minimum atomic E-state index is -0.531. The Morgan fingerprint density at radius 2 is 2.14 bits per heavy atom. The summed E-state index contributed by atoms with van der Waals surface area (Å²) in [6, 6.07) is 6.77. The summed E-state index contributed by atoms with van der Waals surface area (Å²) >= 11 is 0. The Balaban J connectivity index is 1.82. The standard InChI is InChI=1S/C15H21N3O4/c1-2-5-11(19)10-17-14(20)16-8-9-18-12-6-3-4-7-13(12)22-15(18)21/h3-4,6-7,11,19H,2,5,8-10H2,1H3,(H2,16,17,20). The maximum Gasteiger partial charge on any atom is 0.420 e. The lowest BCUT2D eigenvalue weighted by Crippen LogP contribution is -2.41. The monoisotopic (exact) mass is 307 g/mol. The summed E-state index contributed by atoms with van der Waals surface area (Å²) in [6.45, 7) is 2.80. The van der Waals surface area contributed by atoms with E-state index in [0.29, 0.717) is 30.6 Å². The van der Waals surface area contributed by atoms with Gasteiger partial charge in [-0.25, -0.2) is 9.59 Å². The van der Waals surface area contributed by atoms with Crippen LogP contribution in [0.25, 0.3) is 11.1 Å². The molecule has 0 radical (unpaired) electrons. The van der Waals surface area contributed by atoms with Gasteiger partial charge < -0.3 is 20.2 Å². The van der Waals surface area contributed by atoms with E-state index in [0.717, 1.165) is 6.42 Å². The Kier molecular flexibility index (Phi) is 5.60. The van der Waals surface area contributed by atoms with Gasteiger partial charge in [-0.2, -0.15) is 0 Å². The van der Waals surface area contributed by atoms with E-state index in [9.17, 15) is 14.7 Å². The summed E-state index contributed by atoms with van der Waals surface area (Å²) in [5, 5.41) is 14.8. The van der Waals surface area contributed by atoms with E-state index < -0.39 is 11.9 Å². The molecule has 1 atom stereocenters. The summed E-state index contributed by atoms with van der Waals surface area (Å²) < 4.78 is 6.58. The number of hydrogen-bond donors (Lipinski definition) is 3. The third-order valence-electron chi connectivity index (χ3n) is 3.31. The number of benzene rings is 1. The van der Waals surface area contributed by atoms with Crippen LogP contribution >= 0.6 is 0 Å². The van der Waals surface area contributed by atoms with Gasteiger partial charge in [0.25, 0.3) is 0 Å². The lowest BCUT2D eigenvalue weighted by atomic mass is 10.2. The Labute approximate surface area is 127 Å². The average molecular weight is 307 g/mol. The summed E-state index contributed by atoms with van der Waals surface area (Å²) in [5.74, 6) is -0.443. The number of urea groups is 1. The molecule has 7 nitrogen and oxygen atoms in total. The molecule has 0 bridgehead atoms. The van der Waals surface area contributed by atoms with E-state index in [4.69, 9.17) is 4.42 Å². The first kappa shape index (κ1) is 16.1. The van der Waals surface area contributed by atoms with Crippen molar-refractivity contribution in [2.75, 3.05) is 13.1 Å². The van der Waals surface area contributed by atoms with Gasteiger partial charge in [-0.05, 0) is 18.6 Å². The minimum Gasteiger partial charge on any atom is -0.408 e. The fourth-order valence-electron chi connectivity index (χ4n) is 2.22. The number of carbonyl (C=O) groups is 1. The fourth-order valence-corrected chi connectivity index (χ4v) is 2.22. The van der Waals surface area contributed by atoms with E-state index in [1.165, 1.54) is 4.57 Å². The zero-order chi connectivity index (χ0) is 15.9. The van der Waals surface area contributed by atoms with E-state index in [2.05, 4.69) is 10.6 Å². The van der Waals surface area contributed by atoms with Crippen LogP contribution in [0.5, 0.6) is 0 Å². The lowest BCUT2D eigenvalue weighted by Gasteiger charge is -2.11. The summed E-state index contributed by atoms with van der Waals surface area (Å²) in [6.07, 6.45) is 0.980. The van der Waals surface area contributed by atoms with E-state index in [-0.39, 0.29) is 12.6 Å². The number of hydrogen-bond acceptors (Lipinski definition) is 4. The zero-order valence-electron chi connectivity index (χ0n) is 12.5. The fraction of sp³-hybridized carbons (Fsp3) is 0.467. The molecule has 7 heteroatoms. The largest absolute Gasteiger partial charge is 0.420 e. The molecule has 120 valence electrons. The minimum absolute atomic E-state index is 0.217. The molecule has 2 aromatic rings. The molecule has 1 unspecified atom stereocenters. The molecule has 1 aromatic carbocycles. The van der Waals surface area contributed by atoms with Crippen molar-refractivity contribution in [2.24, 2.45) is 0 Å². The van der Waals surface area contributed by atoms with Crippen LogP contribution < -0.4 is 16.4 Å². The Morgan fingerprint density at radius 3 is 2.91 bits per heavy atom. The SMILES string of the molecule is CCCC(O)CNC(=O)NCCn1c(=O)oc2ccccc21. The van der Waals surface area contributed by atoms with Crippen LogP contribution in [0.15, 0.2) is 33.5 Å². The molecule has 0 fully saturated rings. The molecule has 0 spiro atoms. The second-order valence-corrected chi connectivity index (χ2v) is 5.07. The number of amides is 2. The van der Waals surface area contributed by atoms with Gasteiger partial charge in [0.1, 0.15) is 0 Å². The number of aromatic nitrogens is 1. The second-order valence-electron chi connectivity index (χ2n) is 5.07. The van der Waals surface area contributed by atoms with Crippen LogP contribution in [0.3, 0.4) is 0 Å². The number of fused-ring (bicyclic) bond motifs is 1. The highest BCUT2D eigenvalue weighted by Gasteiger charge is 2.09. The van der Waals surface area contributed by atoms with Crippen molar-refractivity contribution in [3.05, 3.63) is 34.8 Å². The number of nitrogens with one attached hydrogen (secondary N) is 2. The summed E-state index contributed by atoms with van der Waals surface area (Å²) in [7, 11) is 0. The predicted molar refractivity (Wildman–Crippen MR) is 82.8 cm³/mol. The van der Waals surface area contributed by atoms with Crippen LogP contribution in [0.4, 0.5) is 4.79 Å². The summed E-state index contributed by atoms with van der Waals surface area (Å²) in [4.78, 5) is 23.3. The molecule has 0 saturated heterocycles. The highest BCUT2D eigenvalue weighted by molar-refractivity contribution is 5.74. The molecular weight excluding hydrogens is 286 g/mol. The normalized spacial score (nSPS) is 12.3. The Hall–Kier alpha value is -2.28. The van der Waals surface area contributed by atoms with Crippen LogP contribution in [-0.2, 0) is 6.54 Å². The van der Waals surface area contributed by atoms with E-state index in [1.807, 2.05) is 13.0 Å². The van der Waals surface area contributed by atoms with Crippen molar-refractivity contribution in [1.29, 1.82) is 0 Å². The van der Waals surface area contributed by atoms with Crippen LogP contribution in [0.1, 0.15) is 19.8 Å². The lowest BCUT2D eigenvalue weighted by molar-refractivity contribution is 0.160. The first-order chi connectivity index (χ1) is 10.6. The smallest absolute Gasteiger partial charge is 0.408 e. The van der Waals surface area contributed by atoms with Gasteiger partial charge >= 0.3 is 11.8 Å². The third-order valence-corrected chi connectivity index (χ3v) is 3.31. The second kappa shape index (κ2) is 7.65. The van der Waals surface area contributed by atoms with Crippen molar-refractivity contribution in [3.8, 4) is 0 Å². The number of para-hydroxylation sites is 2. The van der Waals surface area contributed by atoms with Gasteiger partial charge in [-0.1, -0.05) is 25.5 Å². The van der Waals surface area contributed by atoms with Crippen molar-refractivity contribution in [3.63, 3.8) is 0 Å². The number of aliphatic hydroxyl groups is 1. The average Bonchev–Trinajstić information content (AvgIpc) is 2.82. The summed E-state index contributed by atoms with van der Waals surface area (Å²) in [5.41, 5.74) is 1.23. The highest BCUT2D eigenvalue weighted by atomic mass is 16.4. The molecule has 0 saturated carbocycles. The quantitative estimate of drug-likeness (QED) is 0.712. The Bertz CT molecular complexity index is 677. The zero-order valence-corrected chi connectivity index (χ0v) is 12.5. The van der Waals surface area contributed by atoms with Gasteiger partial charge in [0.15, 0.2) is 5.58 Å². The number of carbonyl (C=O) groups excluding carboxylic acids is 1. The molecular formula is C15H21N3O4. The van der Waals surface area contributed by atoms with Gasteiger partial charge in [0, 0.05) is 19.6 Å². The first-order valence-electron chi connectivity index (χ1n) is 7.40. The maximum atomic E-state index is 11.7. The predicted octanol–water partition coefficient (Wildman–Crippen LogP) is 1.05. The van der Waals surface area contributed by atoms with Crippen LogP contribution in [0, 0.1) is 0 Å².